The van der Waals surface area contributed by atoms with Gasteiger partial charge >= 0.3 is 6.18 Å². The lowest BCUT2D eigenvalue weighted by molar-refractivity contribution is -0.136. The van der Waals surface area contributed by atoms with Crippen molar-refractivity contribution >= 4 is 32.5 Å². The number of fused-ring (bicyclic) bond motifs is 1. The number of para-hydroxylation sites is 1. The molecule has 1 heterocycles. The number of aromatic nitrogens is 1. The Hall–Kier alpha value is -2.98. The lowest BCUT2D eigenvalue weighted by Crippen LogP contribution is -2.26. The fourth-order valence-corrected chi connectivity index (χ4v) is 4.35. The number of hydrogen-bond donors (Lipinski definition) is 2. The first kappa shape index (κ1) is 20.3. The van der Waals surface area contributed by atoms with Gasteiger partial charge in [-0.05, 0) is 43.2 Å². The standard InChI is InChI=1S/C20H16F3N3O3S/c21-20(22,23)16-6-2-5-15-17(9-10-24-18(15)16)25-19(27)12-3-1-4-14(11-12)30(28,29)26-13-7-8-13/h1-6,9-11,13,26H,7-8H2,(H,24,25,27). The van der Waals surface area contributed by atoms with Crippen LogP contribution in [-0.4, -0.2) is 25.4 Å². The van der Waals surface area contributed by atoms with E-state index in [2.05, 4.69) is 15.0 Å². The smallest absolute Gasteiger partial charge is 0.321 e. The van der Waals surface area contributed by atoms with Gasteiger partial charge < -0.3 is 5.32 Å². The highest BCUT2D eigenvalue weighted by Crippen LogP contribution is 2.35. The van der Waals surface area contributed by atoms with Crippen molar-refractivity contribution in [2.45, 2.75) is 30.0 Å². The summed E-state index contributed by atoms with van der Waals surface area (Å²) in [4.78, 5) is 16.4. The van der Waals surface area contributed by atoms with Gasteiger partial charge in [0.2, 0.25) is 10.0 Å². The van der Waals surface area contributed by atoms with Crippen LogP contribution in [-0.2, 0) is 16.2 Å². The minimum Gasteiger partial charge on any atom is -0.321 e. The fourth-order valence-electron chi connectivity index (χ4n) is 3.00. The van der Waals surface area contributed by atoms with Crippen molar-refractivity contribution < 1.29 is 26.4 Å². The van der Waals surface area contributed by atoms with E-state index in [9.17, 15) is 26.4 Å². The van der Waals surface area contributed by atoms with Crippen molar-refractivity contribution in [1.29, 1.82) is 0 Å². The minimum atomic E-state index is -4.59. The molecule has 1 amide bonds. The molecule has 1 aliphatic rings. The van der Waals surface area contributed by atoms with Crippen LogP contribution in [0.1, 0.15) is 28.8 Å². The highest BCUT2D eigenvalue weighted by molar-refractivity contribution is 7.89. The first-order chi connectivity index (χ1) is 14.1. The largest absolute Gasteiger partial charge is 0.418 e. The molecule has 0 radical (unpaired) electrons. The Morgan fingerprint density at radius 1 is 1.07 bits per heavy atom. The molecule has 1 aromatic heterocycles. The quantitative estimate of drug-likeness (QED) is 0.635. The van der Waals surface area contributed by atoms with Gasteiger partial charge in [-0.15, -0.1) is 0 Å². The molecule has 2 N–H and O–H groups in total. The molecule has 1 aliphatic carbocycles. The normalized spacial score (nSPS) is 14.6. The summed E-state index contributed by atoms with van der Waals surface area (Å²) in [5.74, 6) is -0.650. The van der Waals surface area contributed by atoms with E-state index in [-0.39, 0.29) is 33.1 Å². The molecule has 1 fully saturated rings. The molecule has 0 saturated heterocycles. The average molecular weight is 435 g/mol. The number of halogens is 3. The molecule has 3 aromatic rings. The van der Waals surface area contributed by atoms with Crippen LogP contribution in [0.4, 0.5) is 18.9 Å². The second kappa shape index (κ2) is 7.37. The summed E-state index contributed by atoms with van der Waals surface area (Å²) in [5, 5.41) is 2.68. The Bertz CT molecular complexity index is 1240. The van der Waals surface area contributed by atoms with Gasteiger partial charge in [-0.1, -0.05) is 18.2 Å². The highest BCUT2D eigenvalue weighted by Gasteiger charge is 2.33. The average Bonchev–Trinajstić information content (AvgIpc) is 3.50. The molecular weight excluding hydrogens is 419 g/mol. The van der Waals surface area contributed by atoms with Crippen LogP contribution in [0.3, 0.4) is 0 Å². The third kappa shape index (κ3) is 4.14. The molecule has 4 rings (SSSR count). The van der Waals surface area contributed by atoms with Gasteiger partial charge in [-0.25, -0.2) is 13.1 Å². The van der Waals surface area contributed by atoms with Crippen LogP contribution >= 0.6 is 0 Å². The van der Waals surface area contributed by atoms with E-state index in [1.54, 1.807) is 0 Å². The molecule has 0 unspecified atom stereocenters. The lowest BCUT2D eigenvalue weighted by atomic mass is 10.1. The van der Waals surface area contributed by atoms with Crippen LogP contribution in [0.2, 0.25) is 0 Å². The monoisotopic (exact) mass is 435 g/mol. The molecule has 156 valence electrons. The summed E-state index contributed by atoms with van der Waals surface area (Å²) in [7, 11) is -3.75. The summed E-state index contributed by atoms with van der Waals surface area (Å²) in [5.41, 5.74) is -0.992. The molecule has 0 spiro atoms. The Balaban J connectivity index is 1.65. The number of sulfonamides is 1. The number of rotatable bonds is 5. The maximum absolute atomic E-state index is 13.2. The summed E-state index contributed by atoms with van der Waals surface area (Å²) < 4.78 is 67.0. The van der Waals surface area contributed by atoms with Crippen molar-refractivity contribution in [3.8, 4) is 0 Å². The maximum Gasteiger partial charge on any atom is 0.418 e. The van der Waals surface area contributed by atoms with Crippen LogP contribution in [0.25, 0.3) is 10.9 Å². The van der Waals surface area contributed by atoms with Crippen molar-refractivity contribution in [2.75, 3.05) is 5.32 Å². The van der Waals surface area contributed by atoms with Crippen molar-refractivity contribution in [3.05, 3.63) is 65.9 Å². The van der Waals surface area contributed by atoms with Gasteiger partial charge in [0.15, 0.2) is 0 Å². The predicted octanol–water partition coefficient (Wildman–Crippen LogP) is 3.95. The number of benzene rings is 2. The first-order valence-electron chi connectivity index (χ1n) is 9.04. The number of alkyl halides is 3. The summed E-state index contributed by atoms with van der Waals surface area (Å²) in [6, 6.07) is 10.3. The fraction of sp³-hybridized carbons (Fsp3) is 0.200. The number of pyridine rings is 1. The number of anilines is 1. The maximum atomic E-state index is 13.2. The van der Waals surface area contributed by atoms with Gasteiger partial charge in [-0.2, -0.15) is 13.2 Å². The second-order valence-electron chi connectivity index (χ2n) is 6.94. The zero-order chi connectivity index (χ0) is 21.5. The third-order valence-electron chi connectivity index (χ3n) is 4.63. The number of nitrogens with one attached hydrogen (secondary N) is 2. The topological polar surface area (TPSA) is 88.2 Å². The summed E-state index contributed by atoms with van der Waals surface area (Å²) in [6.45, 7) is 0. The third-order valence-corrected chi connectivity index (χ3v) is 6.15. The molecule has 0 aliphatic heterocycles. The first-order valence-corrected chi connectivity index (χ1v) is 10.5. The number of nitrogens with zero attached hydrogens (tertiary/aromatic N) is 1. The number of carbonyl (C=O) groups excluding carboxylic acids is 1. The van der Waals surface area contributed by atoms with Gasteiger partial charge in [0.05, 0.1) is 21.7 Å². The summed E-state index contributed by atoms with van der Waals surface area (Å²) in [6.07, 6.45) is -1.87. The van der Waals surface area contributed by atoms with E-state index < -0.39 is 27.7 Å². The zero-order valence-electron chi connectivity index (χ0n) is 15.4. The van der Waals surface area contributed by atoms with Crippen LogP contribution < -0.4 is 10.0 Å². The Labute approximate surface area is 170 Å². The highest BCUT2D eigenvalue weighted by atomic mass is 32.2. The van der Waals surface area contributed by atoms with E-state index >= 15 is 0 Å². The lowest BCUT2D eigenvalue weighted by Gasteiger charge is -2.13. The Morgan fingerprint density at radius 3 is 2.50 bits per heavy atom. The number of carbonyl (C=O) groups is 1. The molecule has 0 bridgehead atoms. The van der Waals surface area contributed by atoms with E-state index in [1.165, 1.54) is 48.7 Å². The van der Waals surface area contributed by atoms with Crippen molar-refractivity contribution in [1.82, 2.24) is 9.71 Å². The SMILES string of the molecule is O=C(Nc1ccnc2c(C(F)(F)F)cccc12)c1cccc(S(=O)(=O)NC2CC2)c1. The van der Waals surface area contributed by atoms with E-state index in [0.29, 0.717) is 0 Å². The van der Waals surface area contributed by atoms with E-state index in [4.69, 9.17) is 0 Å². The number of amides is 1. The van der Waals surface area contributed by atoms with E-state index in [0.717, 1.165) is 18.9 Å². The molecule has 1 saturated carbocycles. The van der Waals surface area contributed by atoms with Gasteiger partial charge in [0.1, 0.15) is 0 Å². The molecule has 0 atom stereocenters. The Kier molecular flexibility index (Phi) is 4.99. The zero-order valence-corrected chi connectivity index (χ0v) is 16.2. The molecule has 10 heteroatoms. The van der Waals surface area contributed by atoms with Crippen LogP contribution in [0.5, 0.6) is 0 Å². The molecule has 30 heavy (non-hydrogen) atoms. The summed E-state index contributed by atoms with van der Waals surface area (Å²) >= 11 is 0. The Morgan fingerprint density at radius 2 is 1.80 bits per heavy atom. The second-order valence-corrected chi connectivity index (χ2v) is 8.65. The van der Waals surface area contributed by atoms with Crippen molar-refractivity contribution in [3.63, 3.8) is 0 Å². The molecule has 6 nitrogen and oxygen atoms in total. The predicted molar refractivity (Wildman–Crippen MR) is 104 cm³/mol. The number of hydrogen-bond acceptors (Lipinski definition) is 4. The van der Waals surface area contributed by atoms with Crippen LogP contribution in [0, 0.1) is 0 Å². The van der Waals surface area contributed by atoms with Crippen LogP contribution in [0.15, 0.2) is 59.6 Å². The molecule has 2 aromatic carbocycles. The van der Waals surface area contributed by atoms with Gasteiger partial charge in [-0.3, -0.25) is 9.78 Å². The minimum absolute atomic E-state index is 0.0546. The van der Waals surface area contributed by atoms with E-state index in [1.807, 2.05) is 0 Å². The molecular formula is C20H16F3N3O3S. The van der Waals surface area contributed by atoms with Gasteiger partial charge in [0.25, 0.3) is 5.91 Å². The van der Waals surface area contributed by atoms with Gasteiger partial charge in [0, 0.05) is 23.2 Å². The van der Waals surface area contributed by atoms with Crippen molar-refractivity contribution in [2.24, 2.45) is 0 Å².